The van der Waals surface area contributed by atoms with E-state index in [1.165, 1.54) is 12.2 Å². The molecule has 1 aliphatic rings. The molecule has 8 heteroatoms. The summed E-state index contributed by atoms with van der Waals surface area (Å²) in [5, 5.41) is 2.72. The van der Waals surface area contributed by atoms with E-state index < -0.39 is 11.9 Å². The van der Waals surface area contributed by atoms with Gasteiger partial charge in [-0.3, -0.25) is 4.79 Å². The van der Waals surface area contributed by atoms with Gasteiger partial charge in [0, 0.05) is 19.2 Å². The standard InChI is InChI=1S/C21H31FN2O5/c1-6-20(25)24-8-7-18(14-24)23-21(26)29-12-10-27-9-11-28-19(13-16(4)22)17(5)15(2)3/h6,13,15,18H,1,4-5,7-12,14H2,2-3H3,(H,23,26)/b19-13+. The minimum absolute atomic E-state index is 0.0799. The molecule has 162 valence electrons. The average molecular weight is 410 g/mol. The van der Waals surface area contributed by atoms with E-state index in [4.69, 9.17) is 14.2 Å². The van der Waals surface area contributed by atoms with Crippen molar-refractivity contribution in [2.24, 2.45) is 5.92 Å². The van der Waals surface area contributed by atoms with Crippen LogP contribution in [0.5, 0.6) is 0 Å². The third kappa shape index (κ3) is 9.43. The van der Waals surface area contributed by atoms with Crippen molar-refractivity contribution in [2.75, 3.05) is 39.5 Å². The van der Waals surface area contributed by atoms with Gasteiger partial charge in [0.1, 0.15) is 24.8 Å². The SMILES string of the molecule is C=CC(=O)N1CCC(NC(=O)OCCOCCO/C(=C/C(=C)F)C(=C)C(C)C)C1. The molecule has 0 aromatic carbocycles. The van der Waals surface area contributed by atoms with Gasteiger partial charge in [-0.15, -0.1) is 0 Å². The molecule has 1 rings (SSSR count). The summed E-state index contributed by atoms with van der Waals surface area (Å²) in [4.78, 5) is 24.9. The lowest BCUT2D eigenvalue weighted by atomic mass is 10.0. The van der Waals surface area contributed by atoms with Crippen molar-refractivity contribution in [2.45, 2.75) is 26.3 Å². The van der Waals surface area contributed by atoms with Crippen molar-refractivity contribution in [1.29, 1.82) is 0 Å². The number of ether oxygens (including phenoxy) is 3. The van der Waals surface area contributed by atoms with Gasteiger partial charge in [-0.1, -0.05) is 33.6 Å². The summed E-state index contributed by atoms with van der Waals surface area (Å²) < 4.78 is 29.0. The van der Waals surface area contributed by atoms with Crippen molar-refractivity contribution < 1.29 is 28.2 Å². The number of nitrogens with zero attached hydrogens (tertiary/aromatic N) is 1. The van der Waals surface area contributed by atoms with Gasteiger partial charge in [-0.05, 0) is 24.0 Å². The summed E-state index contributed by atoms with van der Waals surface area (Å²) >= 11 is 0. The largest absolute Gasteiger partial charge is 0.491 e. The normalized spacial score (nSPS) is 16.5. The van der Waals surface area contributed by atoms with Gasteiger partial charge >= 0.3 is 6.09 Å². The van der Waals surface area contributed by atoms with E-state index in [0.29, 0.717) is 30.8 Å². The highest BCUT2D eigenvalue weighted by Gasteiger charge is 2.26. The number of hydrogen-bond acceptors (Lipinski definition) is 5. The fourth-order valence-corrected chi connectivity index (χ4v) is 2.58. The minimum Gasteiger partial charge on any atom is -0.491 e. The molecule has 2 amide bonds. The zero-order valence-electron chi connectivity index (χ0n) is 17.2. The molecule has 0 saturated carbocycles. The minimum atomic E-state index is -0.610. The van der Waals surface area contributed by atoms with E-state index in [9.17, 15) is 14.0 Å². The second-order valence-corrected chi connectivity index (χ2v) is 6.85. The van der Waals surface area contributed by atoms with Crippen LogP contribution < -0.4 is 5.32 Å². The molecule has 0 aliphatic carbocycles. The molecule has 0 aromatic heterocycles. The number of carbonyl (C=O) groups excluding carboxylic acids is 2. The molecule has 0 spiro atoms. The van der Waals surface area contributed by atoms with E-state index in [0.717, 1.165) is 0 Å². The van der Waals surface area contributed by atoms with Crippen LogP contribution in [0, 0.1) is 5.92 Å². The van der Waals surface area contributed by atoms with Gasteiger partial charge in [-0.2, -0.15) is 0 Å². The predicted octanol–water partition coefficient (Wildman–Crippen LogP) is 3.11. The topological polar surface area (TPSA) is 77.1 Å². The number of nitrogens with one attached hydrogen (secondary N) is 1. The first kappa shape index (κ1) is 24.4. The maximum Gasteiger partial charge on any atom is 0.407 e. The van der Waals surface area contributed by atoms with Gasteiger partial charge in [-0.25, -0.2) is 9.18 Å². The molecule has 1 N–H and O–H groups in total. The third-order valence-electron chi connectivity index (χ3n) is 4.24. The zero-order chi connectivity index (χ0) is 21.8. The maximum atomic E-state index is 13.1. The molecule has 29 heavy (non-hydrogen) atoms. The zero-order valence-corrected chi connectivity index (χ0v) is 17.2. The number of halogens is 1. The Morgan fingerprint density at radius 2 is 1.86 bits per heavy atom. The first-order valence-electron chi connectivity index (χ1n) is 9.55. The maximum absolute atomic E-state index is 13.1. The molecule has 1 fully saturated rings. The highest BCUT2D eigenvalue weighted by atomic mass is 19.1. The van der Waals surface area contributed by atoms with E-state index in [2.05, 4.69) is 25.1 Å². The Bertz CT molecular complexity index is 645. The first-order chi connectivity index (χ1) is 13.7. The van der Waals surface area contributed by atoms with Crippen LogP contribution in [0.2, 0.25) is 0 Å². The Balaban J connectivity index is 2.16. The Morgan fingerprint density at radius 3 is 2.45 bits per heavy atom. The number of likely N-dealkylation sites (tertiary alicyclic amines) is 1. The van der Waals surface area contributed by atoms with E-state index >= 15 is 0 Å². The number of amides is 2. The van der Waals surface area contributed by atoms with Crippen LogP contribution >= 0.6 is 0 Å². The van der Waals surface area contributed by atoms with E-state index in [1.807, 2.05) is 13.8 Å². The van der Waals surface area contributed by atoms with Gasteiger partial charge in [0.2, 0.25) is 5.91 Å². The second-order valence-electron chi connectivity index (χ2n) is 6.85. The van der Waals surface area contributed by atoms with Crippen LogP contribution in [0.25, 0.3) is 0 Å². The molecule has 0 bridgehead atoms. The smallest absolute Gasteiger partial charge is 0.407 e. The highest BCUT2D eigenvalue weighted by Crippen LogP contribution is 2.20. The molecule has 1 atom stereocenters. The summed E-state index contributed by atoms with van der Waals surface area (Å²) in [6, 6.07) is -0.134. The number of hydrogen-bond donors (Lipinski definition) is 1. The molecular formula is C21H31FN2O5. The molecule has 1 saturated heterocycles. The number of rotatable bonds is 12. The lowest BCUT2D eigenvalue weighted by Crippen LogP contribution is -2.38. The summed E-state index contributed by atoms with van der Waals surface area (Å²) in [5.41, 5.74) is 0.670. The highest BCUT2D eigenvalue weighted by molar-refractivity contribution is 5.87. The quantitative estimate of drug-likeness (QED) is 0.232. The fraction of sp³-hybridized carbons (Fsp3) is 0.524. The lowest BCUT2D eigenvalue weighted by molar-refractivity contribution is -0.125. The second kappa shape index (κ2) is 12.8. The van der Waals surface area contributed by atoms with Crippen LogP contribution in [0.4, 0.5) is 9.18 Å². The average Bonchev–Trinajstić information content (AvgIpc) is 3.12. The van der Waals surface area contributed by atoms with Crippen LogP contribution in [0.3, 0.4) is 0 Å². The van der Waals surface area contributed by atoms with Crippen molar-refractivity contribution in [3.05, 3.63) is 49.0 Å². The number of carbonyl (C=O) groups is 2. The van der Waals surface area contributed by atoms with Crippen molar-refractivity contribution >= 4 is 12.0 Å². The van der Waals surface area contributed by atoms with Crippen LogP contribution in [-0.4, -0.2) is 62.5 Å². The molecule has 7 nitrogen and oxygen atoms in total. The summed E-state index contributed by atoms with van der Waals surface area (Å²) in [5.74, 6) is -0.312. The van der Waals surface area contributed by atoms with Crippen molar-refractivity contribution in [1.82, 2.24) is 10.2 Å². The number of alkyl carbamates (subject to hydrolysis) is 1. The Labute approximate surface area is 171 Å². The van der Waals surface area contributed by atoms with Crippen LogP contribution in [-0.2, 0) is 19.0 Å². The summed E-state index contributed by atoms with van der Waals surface area (Å²) in [6.07, 6.45) is 2.57. The third-order valence-corrected chi connectivity index (χ3v) is 4.24. The Kier molecular flexibility index (Phi) is 10.8. The first-order valence-corrected chi connectivity index (χ1v) is 9.55. The van der Waals surface area contributed by atoms with Crippen molar-refractivity contribution in [3.8, 4) is 0 Å². The molecule has 0 radical (unpaired) electrons. The monoisotopic (exact) mass is 410 g/mol. The fourth-order valence-electron chi connectivity index (χ4n) is 2.58. The van der Waals surface area contributed by atoms with Crippen LogP contribution in [0.15, 0.2) is 49.0 Å². The Morgan fingerprint density at radius 1 is 1.21 bits per heavy atom. The van der Waals surface area contributed by atoms with Crippen LogP contribution in [0.1, 0.15) is 20.3 Å². The van der Waals surface area contributed by atoms with E-state index in [1.54, 1.807) is 4.90 Å². The molecule has 1 heterocycles. The number of allylic oxidation sites excluding steroid dienone is 3. The molecule has 1 unspecified atom stereocenters. The Hall–Kier alpha value is -2.61. The molecule has 1 aliphatic heterocycles. The molecular weight excluding hydrogens is 379 g/mol. The summed E-state index contributed by atoms with van der Waals surface area (Å²) in [7, 11) is 0. The van der Waals surface area contributed by atoms with E-state index in [-0.39, 0.29) is 44.3 Å². The molecule has 0 aromatic rings. The van der Waals surface area contributed by atoms with Crippen molar-refractivity contribution in [3.63, 3.8) is 0 Å². The lowest BCUT2D eigenvalue weighted by Gasteiger charge is -2.16. The van der Waals surface area contributed by atoms with Gasteiger partial charge in [0.05, 0.1) is 19.3 Å². The van der Waals surface area contributed by atoms with Gasteiger partial charge < -0.3 is 24.4 Å². The van der Waals surface area contributed by atoms with Gasteiger partial charge in [0.25, 0.3) is 0 Å². The predicted molar refractivity (Wildman–Crippen MR) is 109 cm³/mol. The van der Waals surface area contributed by atoms with Gasteiger partial charge in [0.15, 0.2) is 0 Å². The summed E-state index contributed by atoms with van der Waals surface area (Å²) in [6.45, 7) is 16.1.